The van der Waals surface area contributed by atoms with Gasteiger partial charge in [-0.3, -0.25) is 9.78 Å². The highest BCUT2D eigenvalue weighted by atomic mass is 79.9. The second kappa shape index (κ2) is 7.16. The van der Waals surface area contributed by atoms with Crippen LogP contribution in [0.25, 0.3) is 0 Å². The Kier molecular flexibility index (Phi) is 6.51. The number of carbonyl (C=O) groups excluding carboxylic acids is 1. The lowest BCUT2D eigenvalue weighted by atomic mass is 10.4. The van der Waals surface area contributed by atoms with Crippen molar-refractivity contribution in [3.05, 3.63) is 29.0 Å². The average Bonchev–Trinajstić information content (AvgIpc) is 2.18. The predicted molar refractivity (Wildman–Crippen MR) is 53.6 cm³/mol. The third-order valence-corrected chi connectivity index (χ3v) is 1.53. The van der Waals surface area contributed by atoms with Crippen LogP contribution in [0.5, 0.6) is 0 Å². The first-order valence-electron chi connectivity index (χ1n) is 3.57. The number of aromatic nitrogens is 1. The number of carboxylic acid groups (broad SMARTS) is 1. The molecule has 1 aromatic rings. The van der Waals surface area contributed by atoms with Gasteiger partial charge in [0.1, 0.15) is 6.29 Å². The zero-order valence-corrected chi connectivity index (χ0v) is 8.72. The summed E-state index contributed by atoms with van der Waals surface area (Å²) < 4.78 is 1.02. The normalized spacial score (nSPS) is 10.7. The van der Waals surface area contributed by atoms with Crippen LogP contribution in [0.4, 0.5) is 0 Å². The smallest absolute Gasteiger partial charge is 0.327 e. The van der Waals surface area contributed by atoms with E-state index in [-0.39, 0.29) is 6.29 Å². The molecular weight excluding hydrogens is 252 g/mol. The van der Waals surface area contributed by atoms with E-state index in [4.69, 9.17) is 5.11 Å². The van der Waals surface area contributed by atoms with Gasteiger partial charge >= 0.3 is 5.97 Å². The minimum absolute atomic E-state index is 0.169. The molecular formula is C8H9BrN2O3. The summed E-state index contributed by atoms with van der Waals surface area (Å²) in [6.45, 7) is 0. The van der Waals surface area contributed by atoms with Crippen LogP contribution < -0.4 is 5.73 Å². The Morgan fingerprint density at radius 3 is 2.50 bits per heavy atom. The molecule has 0 aliphatic heterocycles. The minimum atomic E-state index is -1.36. The Hall–Kier alpha value is -1.27. The number of pyridine rings is 1. The van der Waals surface area contributed by atoms with Crippen LogP contribution in [0, 0.1) is 0 Å². The van der Waals surface area contributed by atoms with Crippen LogP contribution in [0.3, 0.4) is 0 Å². The van der Waals surface area contributed by atoms with Gasteiger partial charge in [-0.05, 0) is 28.1 Å². The second-order valence-electron chi connectivity index (χ2n) is 2.17. The monoisotopic (exact) mass is 260 g/mol. The Labute approximate surface area is 89.1 Å². The molecule has 6 heteroatoms. The zero-order valence-electron chi connectivity index (χ0n) is 7.13. The fraction of sp³-hybridized carbons (Fsp3) is 0.125. The van der Waals surface area contributed by atoms with Crippen molar-refractivity contribution in [3.8, 4) is 0 Å². The highest BCUT2D eigenvalue weighted by molar-refractivity contribution is 9.10. The summed E-state index contributed by atoms with van der Waals surface area (Å²) in [6, 6.07) is 2.46. The Morgan fingerprint density at radius 2 is 2.36 bits per heavy atom. The Bertz CT molecular complexity index is 292. The number of hydrogen-bond donors (Lipinski definition) is 2. The molecule has 1 rings (SSSR count). The predicted octanol–water partition coefficient (Wildman–Crippen LogP) is 0.441. The van der Waals surface area contributed by atoms with Gasteiger partial charge in [-0.15, -0.1) is 0 Å². The Balaban J connectivity index is 0.000000241. The summed E-state index contributed by atoms with van der Waals surface area (Å²) in [5.41, 5.74) is 4.65. The number of nitrogens with zero attached hydrogens (tertiary/aromatic N) is 1. The quantitative estimate of drug-likeness (QED) is 0.595. The molecule has 1 atom stereocenters. The van der Waals surface area contributed by atoms with Gasteiger partial charge in [0, 0.05) is 16.9 Å². The summed E-state index contributed by atoms with van der Waals surface area (Å²) in [5.74, 6) is -1.30. The molecule has 76 valence electrons. The van der Waals surface area contributed by atoms with Crippen molar-refractivity contribution in [2.24, 2.45) is 5.73 Å². The molecule has 0 radical (unpaired) electrons. The minimum Gasteiger partial charge on any atom is -0.480 e. The van der Waals surface area contributed by atoms with E-state index >= 15 is 0 Å². The molecule has 0 aromatic carbocycles. The number of aldehydes is 1. The van der Waals surface area contributed by atoms with Crippen LogP contribution in [0.2, 0.25) is 0 Å². The molecule has 0 aliphatic carbocycles. The van der Waals surface area contributed by atoms with Crippen molar-refractivity contribution in [2.75, 3.05) is 0 Å². The fourth-order valence-electron chi connectivity index (χ4n) is 0.400. The first kappa shape index (κ1) is 12.7. The molecule has 0 amide bonds. The number of carboxylic acids is 1. The maximum Gasteiger partial charge on any atom is 0.327 e. The lowest BCUT2D eigenvalue weighted by molar-refractivity contribution is -0.139. The van der Waals surface area contributed by atoms with E-state index in [1.807, 2.05) is 12.1 Å². The van der Waals surface area contributed by atoms with Crippen LogP contribution in [-0.4, -0.2) is 28.4 Å². The number of aliphatic carboxylic acids is 1. The van der Waals surface area contributed by atoms with E-state index in [1.165, 1.54) is 0 Å². The zero-order chi connectivity index (χ0) is 11.0. The van der Waals surface area contributed by atoms with Gasteiger partial charge in [-0.1, -0.05) is 0 Å². The standard InChI is InChI=1S/C5H4BrN.C3H5NO3/c6-5-2-1-3-7-4-5;4-2(1-5)3(6)7/h1-4H;1-2H,4H2,(H,6,7). The van der Waals surface area contributed by atoms with Crippen molar-refractivity contribution in [1.29, 1.82) is 0 Å². The van der Waals surface area contributed by atoms with Gasteiger partial charge in [-0.2, -0.15) is 0 Å². The SMILES string of the molecule is Brc1cccnc1.NC(C=O)C(=O)O. The van der Waals surface area contributed by atoms with Crippen molar-refractivity contribution in [3.63, 3.8) is 0 Å². The van der Waals surface area contributed by atoms with E-state index in [2.05, 4.69) is 26.6 Å². The van der Waals surface area contributed by atoms with E-state index < -0.39 is 12.0 Å². The number of carbonyl (C=O) groups is 2. The van der Waals surface area contributed by atoms with Crippen molar-refractivity contribution in [2.45, 2.75) is 6.04 Å². The third kappa shape index (κ3) is 6.27. The number of hydrogen-bond acceptors (Lipinski definition) is 4. The summed E-state index contributed by atoms with van der Waals surface area (Å²) in [4.78, 5) is 22.9. The van der Waals surface area contributed by atoms with Gasteiger partial charge < -0.3 is 15.6 Å². The number of nitrogens with two attached hydrogens (primary N) is 1. The maximum atomic E-state index is 9.57. The van der Waals surface area contributed by atoms with Gasteiger partial charge in [-0.25, -0.2) is 0 Å². The van der Waals surface area contributed by atoms with E-state index in [0.717, 1.165) is 4.47 Å². The van der Waals surface area contributed by atoms with Gasteiger partial charge in [0.25, 0.3) is 0 Å². The molecule has 0 fully saturated rings. The highest BCUT2D eigenvalue weighted by Gasteiger charge is 2.06. The molecule has 0 aliphatic rings. The summed E-state index contributed by atoms with van der Waals surface area (Å²) in [7, 11) is 0. The topological polar surface area (TPSA) is 93.3 Å². The second-order valence-corrected chi connectivity index (χ2v) is 3.09. The van der Waals surface area contributed by atoms with Crippen molar-refractivity contribution >= 4 is 28.2 Å². The molecule has 0 saturated heterocycles. The Morgan fingerprint density at radius 1 is 1.71 bits per heavy atom. The van der Waals surface area contributed by atoms with Gasteiger partial charge in [0.15, 0.2) is 6.04 Å². The number of rotatable bonds is 2. The summed E-state index contributed by atoms with van der Waals surface area (Å²) in [5, 5.41) is 7.83. The molecule has 1 aromatic heterocycles. The molecule has 1 unspecified atom stereocenters. The fourth-order valence-corrected chi connectivity index (χ4v) is 0.671. The first-order chi connectivity index (χ1) is 6.57. The molecule has 14 heavy (non-hydrogen) atoms. The first-order valence-corrected chi connectivity index (χ1v) is 4.36. The average molecular weight is 261 g/mol. The molecule has 0 saturated carbocycles. The largest absolute Gasteiger partial charge is 0.480 e. The number of halogens is 1. The van der Waals surface area contributed by atoms with Crippen LogP contribution in [0.1, 0.15) is 0 Å². The molecule has 5 nitrogen and oxygen atoms in total. The molecule has 1 heterocycles. The molecule has 0 bridgehead atoms. The van der Waals surface area contributed by atoms with Crippen LogP contribution >= 0.6 is 15.9 Å². The van der Waals surface area contributed by atoms with Crippen LogP contribution in [-0.2, 0) is 9.59 Å². The van der Waals surface area contributed by atoms with E-state index in [0.29, 0.717) is 0 Å². The molecule has 0 spiro atoms. The van der Waals surface area contributed by atoms with Crippen LogP contribution in [0.15, 0.2) is 29.0 Å². The van der Waals surface area contributed by atoms with E-state index in [1.54, 1.807) is 12.4 Å². The highest BCUT2D eigenvalue weighted by Crippen LogP contribution is 2.02. The summed E-state index contributed by atoms with van der Waals surface area (Å²) in [6.07, 6.45) is 3.66. The lowest BCUT2D eigenvalue weighted by Gasteiger charge is -1.89. The van der Waals surface area contributed by atoms with Gasteiger partial charge in [0.2, 0.25) is 0 Å². The maximum absolute atomic E-state index is 9.57. The molecule has 3 N–H and O–H groups in total. The van der Waals surface area contributed by atoms with Crippen molar-refractivity contribution < 1.29 is 14.7 Å². The van der Waals surface area contributed by atoms with E-state index in [9.17, 15) is 9.59 Å². The van der Waals surface area contributed by atoms with Crippen molar-refractivity contribution in [1.82, 2.24) is 4.98 Å². The van der Waals surface area contributed by atoms with Gasteiger partial charge in [0.05, 0.1) is 0 Å². The lowest BCUT2D eigenvalue weighted by Crippen LogP contribution is -2.31. The summed E-state index contributed by atoms with van der Waals surface area (Å²) >= 11 is 3.25. The third-order valence-electron chi connectivity index (χ3n) is 1.06.